The van der Waals surface area contributed by atoms with E-state index in [1.54, 1.807) is 6.07 Å². The van der Waals surface area contributed by atoms with Gasteiger partial charge in [0, 0.05) is 44.1 Å². The van der Waals surface area contributed by atoms with Crippen LogP contribution in [0.25, 0.3) is 0 Å². The Morgan fingerprint density at radius 1 is 1.46 bits per heavy atom. The Labute approximate surface area is 141 Å². The van der Waals surface area contributed by atoms with E-state index in [9.17, 15) is 9.59 Å². The van der Waals surface area contributed by atoms with Crippen LogP contribution in [0.15, 0.2) is 10.6 Å². The first-order valence-corrected chi connectivity index (χ1v) is 8.83. The molecule has 0 aromatic carbocycles. The zero-order valence-corrected chi connectivity index (χ0v) is 14.2. The van der Waals surface area contributed by atoms with Gasteiger partial charge < -0.3 is 20.5 Å². The second-order valence-corrected chi connectivity index (χ2v) is 6.93. The fourth-order valence-corrected chi connectivity index (χ4v) is 3.28. The smallest absolute Gasteiger partial charge is 0.273 e. The minimum Gasteiger partial charge on any atom is -0.360 e. The molecule has 0 radical (unpaired) electrons. The lowest BCUT2D eigenvalue weighted by Crippen LogP contribution is -2.48. The predicted octanol–water partition coefficient (Wildman–Crippen LogP) is 1.26. The minimum atomic E-state index is -0.205. The largest absolute Gasteiger partial charge is 0.360 e. The molecule has 1 saturated carbocycles. The Morgan fingerprint density at radius 3 is 2.96 bits per heavy atom. The highest BCUT2D eigenvalue weighted by atomic mass is 16.5. The maximum absolute atomic E-state index is 12.3. The van der Waals surface area contributed by atoms with Crippen LogP contribution >= 0.6 is 0 Å². The Morgan fingerprint density at radius 2 is 2.25 bits per heavy atom. The van der Waals surface area contributed by atoms with Crippen molar-refractivity contribution in [1.29, 1.82) is 0 Å². The minimum absolute atomic E-state index is 0.0212. The molecule has 1 aliphatic carbocycles. The third-order valence-corrected chi connectivity index (χ3v) is 4.98. The van der Waals surface area contributed by atoms with Crippen LogP contribution in [0.3, 0.4) is 0 Å². The van der Waals surface area contributed by atoms with Gasteiger partial charge in [-0.25, -0.2) is 0 Å². The van der Waals surface area contributed by atoms with E-state index in [0.717, 1.165) is 38.0 Å². The molecule has 2 aliphatic rings. The van der Waals surface area contributed by atoms with Gasteiger partial charge in [-0.05, 0) is 38.5 Å². The van der Waals surface area contributed by atoms with Crippen LogP contribution in [0, 0.1) is 5.92 Å². The second kappa shape index (κ2) is 7.34. The molecular formula is C17H26N4O3. The Bertz CT molecular complexity index is 596. The molecule has 1 aromatic rings. The standard InChI is InChI=1S/C17H26N4O3/c1-11(13-3-2-8-21(10-13)16(22)6-7-18)19-17(23)14-9-15(24-20-14)12-4-5-12/h9,11-13H,2-8,10,18H2,1H3,(H,19,23). The average molecular weight is 334 g/mol. The highest BCUT2D eigenvalue weighted by Gasteiger charge is 2.31. The summed E-state index contributed by atoms with van der Waals surface area (Å²) in [5.41, 5.74) is 5.81. The number of likely N-dealkylation sites (tertiary alicyclic amines) is 1. The molecule has 132 valence electrons. The van der Waals surface area contributed by atoms with Gasteiger partial charge in [0.1, 0.15) is 5.76 Å². The van der Waals surface area contributed by atoms with Crippen molar-refractivity contribution in [1.82, 2.24) is 15.4 Å². The van der Waals surface area contributed by atoms with Crippen LogP contribution in [0.4, 0.5) is 0 Å². The zero-order chi connectivity index (χ0) is 17.1. The summed E-state index contributed by atoms with van der Waals surface area (Å²) >= 11 is 0. The van der Waals surface area contributed by atoms with E-state index < -0.39 is 0 Å². The van der Waals surface area contributed by atoms with Gasteiger partial charge in [0.15, 0.2) is 5.69 Å². The maximum atomic E-state index is 12.3. The molecular weight excluding hydrogens is 308 g/mol. The third-order valence-electron chi connectivity index (χ3n) is 4.98. The van der Waals surface area contributed by atoms with Crippen LogP contribution in [-0.2, 0) is 4.79 Å². The third kappa shape index (κ3) is 3.95. The Hall–Kier alpha value is -1.89. The first-order valence-electron chi connectivity index (χ1n) is 8.83. The van der Waals surface area contributed by atoms with Gasteiger partial charge >= 0.3 is 0 Å². The van der Waals surface area contributed by atoms with E-state index in [2.05, 4.69) is 10.5 Å². The zero-order valence-electron chi connectivity index (χ0n) is 14.2. The molecule has 7 nitrogen and oxygen atoms in total. The van der Waals surface area contributed by atoms with Gasteiger partial charge in [-0.15, -0.1) is 0 Å². The molecule has 0 bridgehead atoms. The molecule has 0 spiro atoms. The topological polar surface area (TPSA) is 101 Å². The van der Waals surface area contributed by atoms with Crippen molar-refractivity contribution in [2.45, 2.75) is 51.0 Å². The number of nitrogens with one attached hydrogen (secondary N) is 1. The number of aromatic nitrogens is 1. The summed E-state index contributed by atoms with van der Waals surface area (Å²) in [7, 11) is 0. The van der Waals surface area contributed by atoms with E-state index in [1.807, 2.05) is 11.8 Å². The van der Waals surface area contributed by atoms with Crippen molar-refractivity contribution in [3.63, 3.8) is 0 Å². The van der Waals surface area contributed by atoms with E-state index >= 15 is 0 Å². The highest BCUT2D eigenvalue weighted by Crippen LogP contribution is 2.40. The van der Waals surface area contributed by atoms with Gasteiger partial charge in [-0.1, -0.05) is 5.16 Å². The molecule has 7 heteroatoms. The van der Waals surface area contributed by atoms with Crippen LogP contribution in [0.1, 0.15) is 61.2 Å². The summed E-state index contributed by atoms with van der Waals surface area (Å²) < 4.78 is 5.24. The van der Waals surface area contributed by atoms with Crippen molar-refractivity contribution in [2.24, 2.45) is 11.7 Å². The van der Waals surface area contributed by atoms with Gasteiger partial charge in [0.2, 0.25) is 5.91 Å². The molecule has 1 aromatic heterocycles. The number of amides is 2. The molecule has 2 amide bonds. The van der Waals surface area contributed by atoms with Crippen LogP contribution in [0.5, 0.6) is 0 Å². The monoisotopic (exact) mass is 334 g/mol. The number of hydrogen-bond acceptors (Lipinski definition) is 5. The first kappa shape index (κ1) is 17.0. The van der Waals surface area contributed by atoms with E-state index in [-0.39, 0.29) is 23.8 Å². The predicted molar refractivity (Wildman–Crippen MR) is 88.4 cm³/mol. The summed E-state index contributed by atoms with van der Waals surface area (Å²) in [5, 5.41) is 6.88. The van der Waals surface area contributed by atoms with Gasteiger partial charge in [-0.2, -0.15) is 0 Å². The maximum Gasteiger partial charge on any atom is 0.273 e. The van der Waals surface area contributed by atoms with Gasteiger partial charge in [0.25, 0.3) is 5.91 Å². The summed E-state index contributed by atoms with van der Waals surface area (Å²) in [6, 6.07) is 1.73. The molecule has 3 N–H and O–H groups in total. The first-order chi connectivity index (χ1) is 11.6. The molecule has 1 aliphatic heterocycles. The highest BCUT2D eigenvalue weighted by molar-refractivity contribution is 5.92. The summed E-state index contributed by atoms with van der Waals surface area (Å²) in [5.74, 6) is 1.40. The van der Waals surface area contributed by atoms with E-state index in [0.29, 0.717) is 31.1 Å². The summed E-state index contributed by atoms with van der Waals surface area (Å²) in [6.45, 7) is 3.82. The summed E-state index contributed by atoms with van der Waals surface area (Å²) in [6.07, 6.45) is 4.57. The lowest BCUT2D eigenvalue weighted by molar-refractivity contribution is -0.132. The van der Waals surface area contributed by atoms with E-state index in [1.165, 1.54) is 0 Å². The number of nitrogens with zero attached hydrogens (tertiary/aromatic N) is 2. The molecule has 2 heterocycles. The summed E-state index contributed by atoms with van der Waals surface area (Å²) in [4.78, 5) is 26.2. The normalized spacial score (nSPS) is 22.2. The van der Waals surface area contributed by atoms with Gasteiger partial charge in [0.05, 0.1) is 0 Å². The van der Waals surface area contributed by atoms with Crippen molar-refractivity contribution in [2.75, 3.05) is 19.6 Å². The quantitative estimate of drug-likeness (QED) is 0.815. The number of piperidine rings is 1. The van der Waals surface area contributed by atoms with Gasteiger partial charge in [-0.3, -0.25) is 9.59 Å². The number of hydrogen-bond donors (Lipinski definition) is 2. The van der Waals surface area contributed by atoms with Crippen molar-refractivity contribution in [3.05, 3.63) is 17.5 Å². The Kier molecular flexibility index (Phi) is 5.18. The van der Waals surface area contributed by atoms with Crippen molar-refractivity contribution < 1.29 is 14.1 Å². The van der Waals surface area contributed by atoms with Crippen molar-refractivity contribution in [3.8, 4) is 0 Å². The average Bonchev–Trinajstić information content (AvgIpc) is 3.32. The molecule has 2 atom stereocenters. The second-order valence-electron chi connectivity index (χ2n) is 6.93. The SMILES string of the molecule is CC(NC(=O)c1cc(C2CC2)on1)C1CCCN(C(=O)CCN)C1. The molecule has 1 saturated heterocycles. The fraction of sp³-hybridized carbons (Fsp3) is 0.706. The Balaban J connectivity index is 1.53. The molecule has 2 unspecified atom stereocenters. The number of carbonyl (C=O) groups is 2. The number of rotatable bonds is 6. The molecule has 2 fully saturated rings. The van der Waals surface area contributed by atoms with Crippen LogP contribution in [0.2, 0.25) is 0 Å². The molecule has 24 heavy (non-hydrogen) atoms. The molecule has 3 rings (SSSR count). The van der Waals surface area contributed by atoms with E-state index in [4.69, 9.17) is 10.3 Å². The lowest BCUT2D eigenvalue weighted by Gasteiger charge is -2.36. The fourth-order valence-electron chi connectivity index (χ4n) is 3.28. The van der Waals surface area contributed by atoms with Crippen molar-refractivity contribution >= 4 is 11.8 Å². The number of carbonyl (C=O) groups excluding carboxylic acids is 2. The lowest BCUT2D eigenvalue weighted by atomic mass is 9.91. The van der Waals surface area contributed by atoms with Crippen LogP contribution < -0.4 is 11.1 Å². The van der Waals surface area contributed by atoms with Crippen LogP contribution in [-0.4, -0.2) is 47.5 Å². The number of nitrogens with two attached hydrogens (primary N) is 1.